The van der Waals surface area contributed by atoms with E-state index in [0.29, 0.717) is 6.42 Å². The van der Waals surface area contributed by atoms with Gasteiger partial charge in [-0.15, -0.1) is 0 Å². The Morgan fingerprint density at radius 2 is 1.93 bits per heavy atom. The highest BCUT2D eigenvalue weighted by atomic mass is 16.5. The molecule has 1 aromatic carbocycles. The second kappa shape index (κ2) is 5.26. The largest absolute Gasteiger partial charge is 0.394 e. The van der Waals surface area contributed by atoms with Crippen molar-refractivity contribution >= 4 is 0 Å². The van der Waals surface area contributed by atoms with Gasteiger partial charge in [-0.3, -0.25) is 0 Å². The van der Waals surface area contributed by atoms with Gasteiger partial charge in [0.1, 0.15) is 0 Å². The normalized spacial score (nSPS) is 17.1. The predicted octanol–water partition coefficient (Wildman–Crippen LogP) is 1.29. The van der Waals surface area contributed by atoms with Gasteiger partial charge in [-0.2, -0.15) is 0 Å². The maximum Gasteiger partial charge on any atom is 0.0925 e. The van der Waals surface area contributed by atoms with Crippen molar-refractivity contribution in [2.45, 2.75) is 25.0 Å². The Morgan fingerprint density at radius 1 is 1.33 bits per heavy atom. The fourth-order valence-electron chi connectivity index (χ4n) is 1.62. The van der Waals surface area contributed by atoms with Crippen LogP contribution < -0.4 is 0 Å². The van der Waals surface area contributed by atoms with Crippen LogP contribution >= 0.6 is 0 Å². The fraction of sp³-hybridized carbons (Fsp3) is 0.500. The molecule has 0 aliphatic heterocycles. The van der Waals surface area contributed by atoms with E-state index in [1.165, 1.54) is 0 Å². The molecule has 0 aliphatic carbocycles. The van der Waals surface area contributed by atoms with Crippen LogP contribution in [0, 0.1) is 0 Å². The van der Waals surface area contributed by atoms with Crippen molar-refractivity contribution in [1.29, 1.82) is 0 Å². The van der Waals surface area contributed by atoms with E-state index in [2.05, 4.69) is 0 Å². The number of benzene rings is 1. The molecule has 0 saturated heterocycles. The summed E-state index contributed by atoms with van der Waals surface area (Å²) in [6.45, 7) is 1.66. The molecule has 0 aromatic heterocycles. The van der Waals surface area contributed by atoms with Gasteiger partial charge in [-0.25, -0.2) is 0 Å². The standard InChI is InChI=1S/C12H18O3/c1-12(15-2,8-11(14)9-13)10-6-4-3-5-7-10/h3-7,11,13-14H,8-9H2,1-2H3/t11-,12-/m1/s1. The first-order valence-electron chi connectivity index (χ1n) is 5.02. The topological polar surface area (TPSA) is 49.7 Å². The van der Waals surface area contributed by atoms with Crippen LogP contribution in [0.25, 0.3) is 0 Å². The van der Waals surface area contributed by atoms with E-state index in [-0.39, 0.29) is 6.61 Å². The second-order valence-electron chi connectivity index (χ2n) is 3.84. The minimum Gasteiger partial charge on any atom is -0.394 e. The summed E-state index contributed by atoms with van der Waals surface area (Å²) in [5, 5.41) is 18.3. The van der Waals surface area contributed by atoms with Crippen LogP contribution in [0.15, 0.2) is 30.3 Å². The van der Waals surface area contributed by atoms with Crippen molar-refractivity contribution < 1.29 is 14.9 Å². The lowest BCUT2D eigenvalue weighted by Gasteiger charge is -2.30. The molecule has 3 nitrogen and oxygen atoms in total. The molecule has 2 N–H and O–H groups in total. The summed E-state index contributed by atoms with van der Waals surface area (Å²) in [5.74, 6) is 0. The van der Waals surface area contributed by atoms with Gasteiger partial charge in [-0.05, 0) is 12.5 Å². The summed E-state index contributed by atoms with van der Waals surface area (Å²) in [6.07, 6.45) is -0.376. The molecular weight excluding hydrogens is 192 g/mol. The average molecular weight is 210 g/mol. The lowest BCUT2D eigenvalue weighted by molar-refractivity contribution is -0.0488. The van der Waals surface area contributed by atoms with E-state index in [9.17, 15) is 5.11 Å². The van der Waals surface area contributed by atoms with E-state index in [1.807, 2.05) is 37.3 Å². The first kappa shape index (κ1) is 12.2. The van der Waals surface area contributed by atoms with Gasteiger partial charge in [0.05, 0.1) is 18.3 Å². The maximum absolute atomic E-state index is 9.46. The lowest BCUT2D eigenvalue weighted by atomic mass is 9.90. The minimum absolute atomic E-state index is 0.244. The highest BCUT2D eigenvalue weighted by molar-refractivity contribution is 5.21. The van der Waals surface area contributed by atoms with Crippen LogP contribution in [0.5, 0.6) is 0 Å². The highest BCUT2D eigenvalue weighted by Crippen LogP contribution is 2.29. The first-order valence-corrected chi connectivity index (χ1v) is 5.02. The van der Waals surface area contributed by atoms with Crippen molar-refractivity contribution in [3.63, 3.8) is 0 Å². The van der Waals surface area contributed by atoms with Gasteiger partial charge in [0.15, 0.2) is 0 Å². The van der Waals surface area contributed by atoms with E-state index >= 15 is 0 Å². The lowest BCUT2D eigenvalue weighted by Crippen LogP contribution is -2.31. The molecule has 0 saturated carbocycles. The number of methoxy groups -OCH3 is 1. The van der Waals surface area contributed by atoms with E-state index < -0.39 is 11.7 Å². The van der Waals surface area contributed by atoms with Crippen LogP contribution in [0.3, 0.4) is 0 Å². The summed E-state index contributed by atoms with van der Waals surface area (Å²) < 4.78 is 5.43. The smallest absolute Gasteiger partial charge is 0.0925 e. The average Bonchev–Trinajstić information content (AvgIpc) is 2.30. The SMILES string of the molecule is CO[C@](C)(C[C@@H](O)CO)c1ccccc1. The predicted molar refractivity (Wildman–Crippen MR) is 58.5 cm³/mol. The Hall–Kier alpha value is -0.900. The molecule has 0 unspecified atom stereocenters. The quantitative estimate of drug-likeness (QED) is 0.770. The summed E-state index contributed by atoms with van der Waals surface area (Å²) >= 11 is 0. The molecule has 0 amide bonds. The molecule has 0 aliphatic rings. The van der Waals surface area contributed by atoms with Gasteiger partial charge in [0.2, 0.25) is 0 Å². The molecular formula is C12H18O3. The third-order valence-electron chi connectivity index (χ3n) is 2.67. The maximum atomic E-state index is 9.46. The summed E-state index contributed by atoms with van der Waals surface area (Å²) in [5.41, 5.74) is 0.448. The molecule has 15 heavy (non-hydrogen) atoms. The van der Waals surface area contributed by atoms with Crippen LogP contribution in [0.4, 0.5) is 0 Å². The van der Waals surface area contributed by atoms with Crippen LogP contribution in [0.1, 0.15) is 18.9 Å². The zero-order chi connectivity index (χ0) is 11.3. The Labute approximate surface area is 90.3 Å². The zero-order valence-corrected chi connectivity index (χ0v) is 9.18. The molecule has 0 spiro atoms. The molecule has 0 fully saturated rings. The van der Waals surface area contributed by atoms with Crippen LogP contribution in [0.2, 0.25) is 0 Å². The van der Waals surface area contributed by atoms with Gasteiger partial charge >= 0.3 is 0 Å². The molecule has 1 rings (SSSR count). The third kappa shape index (κ3) is 3.02. The number of hydrogen-bond acceptors (Lipinski definition) is 3. The summed E-state index contributed by atoms with van der Waals surface area (Å²) in [6, 6.07) is 9.69. The van der Waals surface area contributed by atoms with Crippen LogP contribution in [-0.4, -0.2) is 30.0 Å². The highest BCUT2D eigenvalue weighted by Gasteiger charge is 2.28. The Balaban J connectivity index is 2.85. The number of aliphatic hydroxyl groups is 2. The minimum atomic E-state index is -0.754. The first-order chi connectivity index (χ1) is 7.12. The van der Waals surface area contributed by atoms with Crippen molar-refractivity contribution in [3.8, 4) is 0 Å². The zero-order valence-electron chi connectivity index (χ0n) is 9.18. The summed E-state index contributed by atoms with van der Waals surface area (Å²) in [7, 11) is 1.61. The Morgan fingerprint density at radius 3 is 2.40 bits per heavy atom. The van der Waals surface area contributed by atoms with E-state index in [1.54, 1.807) is 7.11 Å². The van der Waals surface area contributed by atoms with E-state index in [0.717, 1.165) is 5.56 Å². The van der Waals surface area contributed by atoms with Crippen molar-refractivity contribution in [2.24, 2.45) is 0 Å². The van der Waals surface area contributed by atoms with Crippen LogP contribution in [-0.2, 0) is 10.3 Å². The van der Waals surface area contributed by atoms with E-state index in [4.69, 9.17) is 9.84 Å². The monoisotopic (exact) mass is 210 g/mol. The van der Waals surface area contributed by atoms with Crippen molar-refractivity contribution in [3.05, 3.63) is 35.9 Å². The molecule has 2 atom stereocenters. The number of hydrogen-bond donors (Lipinski definition) is 2. The Kier molecular flexibility index (Phi) is 4.27. The molecule has 3 heteroatoms. The molecule has 1 aromatic rings. The van der Waals surface area contributed by atoms with Gasteiger partial charge in [0.25, 0.3) is 0 Å². The molecule has 0 bridgehead atoms. The van der Waals surface area contributed by atoms with Gasteiger partial charge in [0, 0.05) is 13.5 Å². The fourth-order valence-corrected chi connectivity index (χ4v) is 1.62. The molecule has 84 valence electrons. The van der Waals surface area contributed by atoms with Crippen molar-refractivity contribution in [2.75, 3.05) is 13.7 Å². The molecule has 0 heterocycles. The number of aliphatic hydroxyl groups excluding tert-OH is 2. The third-order valence-corrected chi connectivity index (χ3v) is 2.67. The Bertz CT molecular complexity index is 286. The second-order valence-corrected chi connectivity index (χ2v) is 3.84. The van der Waals surface area contributed by atoms with Crippen molar-refractivity contribution in [1.82, 2.24) is 0 Å². The molecule has 0 radical (unpaired) electrons. The number of rotatable bonds is 5. The van der Waals surface area contributed by atoms with Gasteiger partial charge < -0.3 is 14.9 Å². The van der Waals surface area contributed by atoms with Gasteiger partial charge in [-0.1, -0.05) is 30.3 Å². The number of ether oxygens (including phenoxy) is 1. The summed E-state index contributed by atoms with van der Waals surface area (Å²) in [4.78, 5) is 0.